The number of hydrogen-bond donors (Lipinski definition) is 2. The van der Waals surface area contributed by atoms with E-state index in [0.29, 0.717) is 36.2 Å². The zero-order valence-corrected chi connectivity index (χ0v) is 13.3. The van der Waals surface area contributed by atoms with E-state index in [1.54, 1.807) is 0 Å². The summed E-state index contributed by atoms with van der Waals surface area (Å²) in [5.41, 5.74) is 1.02. The van der Waals surface area contributed by atoms with E-state index in [0.717, 1.165) is 5.56 Å². The van der Waals surface area contributed by atoms with Crippen LogP contribution in [0.5, 0.6) is 0 Å². The van der Waals surface area contributed by atoms with E-state index < -0.39 is 16.9 Å². The molecule has 0 aliphatic carbocycles. The van der Waals surface area contributed by atoms with Crippen LogP contribution in [0.1, 0.15) is 12.5 Å². The molecule has 0 aliphatic rings. The Balaban J connectivity index is 2.06. The van der Waals surface area contributed by atoms with Gasteiger partial charge in [0, 0.05) is 40.4 Å². The molecule has 2 unspecified atom stereocenters. The molecule has 1 aromatic rings. The van der Waals surface area contributed by atoms with Gasteiger partial charge in [-0.1, -0.05) is 30.7 Å². The average Bonchev–Trinajstić information content (AvgIpc) is 2.45. The van der Waals surface area contributed by atoms with Crippen LogP contribution in [0, 0.1) is 0 Å². The van der Waals surface area contributed by atoms with Crippen LogP contribution in [0.4, 0.5) is 0 Å². The summed E-state index contributed by atoms with van der Waals surface area (Å²) in [7, 11) is -0.760. The largest absolute Gasteiger partial charge is 0.389 e. The van der Waals surface area contributed by atoms with Gasteiger partial charge in [0.25, 0.3) is 0 Å². The van der Waals surface area contributed by atoms with E-state index in [4.69, 9.17) is 16.3 Å². The second-order valence-electron chi connectivity index (χ2n) is 4.43. The Kier molecular flexibility index (Phi) is 9.05. The second-order valence-corrected chi connectivity index (χ2v) is 6.73. The first-order chi connectivity index (χ1) is 9.61. The third-order valence-electron chi connectivity index (χ3n) is 2.70. The highest BCUT2D eigenvalue weighted by Crippen LogP contribution is 2.10. The van der Waals surface area contributed by atoms with Gasteiger partial charge >= 0.3 is 0 Å². The first-order valence-electron chi connectivity index (χ1n) is 6.67. The summed E-state index contributed by atoms with van der Waals surface area (Å²) < 4.78 is 16.6. The predicted octanol–water partition coefficient (Wildman–Crippen LogP) is 1.58. The molecule has 6 heteroatoms. The molecule has 0 bridgehead atoms. The maximum atomic E-state index is 11.2. The molecular formula is C14H22ClNO3S. The van der Waals surface area contributed by atoms with Crippen molar-refractivity contribution in [3.05, 3.63) is 34.9 Å². The first-order valence-corrected chi connectivity index (χ1v) is 8.54. The van der Waals surface area contributed by atoms with Crippen molar-refractivity contribution in [1.82, 2.24) is 5.32 Å². The number of nitrogens with one attached hydrogen (secondary N) is 1. The molecule has 0 aliphatic heterocycles. The molecule has 1 aromatic carbocycles. The molecule has 2 N–H and O–H groups in total. The molecule has 0 heterocycles. The Labute approximate surface area is 127 Å². The van der Waals surface area contributed by atoms with Crippen molar-refractivity contribution >= 4 is 22.4 Å². The summed E-state index contributed by atoms with van der Waals surface area (Å²) in [6.07, 6.45) is -0.558. The quantitative estimate of drug-likeness (QED) is 0.643. The van der Waals surface area contributed by atoms with Gasteiger partial charge in [0.2, 0.25) is 0 Å². The number of halogens is 1. The molecule has 114 valence electrons. The molecule has 0 saturated carbocycles. The fourth-order valence-corrected chi connectivity index (χ4v) is 2.34. The molecule has 2 atom stereocenters. The summed E-state index contributed by atoms with van der Waals surface area (Å²) in [5, 5.41) is 13.5. The highest BCUT2D eigenvalue weighted by molar-refractivity contribution is 7.84. The SMILES string of the molecule is CCS(=O)CCNCC(O)COCc1ccc(Cl)cc1. The molecule has 0 fully saturated rings. The van der Waals surface area contributed by atoms with Gasteiger partial charge in [-0.25, -0.2) is 0 Å². The third-order valence-corrected chi connectivity index (χ3v) is 4.26. The molecule has 20 heavy (non-hydrogen) atoms. The van der Waals surface area contributed by atoms with E-state index in [2.05, 4.69) is 5.32 Å². The van der Waals surface area contributed by atoms with Gasteiger partial charge in [0.05, 0.1) is 19.3 Å². The van der Waals surface area contributed by atoms with E-state index in [-0.39, 0.29) is 6.61 Å². The fourth-order valence-electron chi connectivity index (χ4n) is 1.55. The van der Waals surface area contributed by atoms with Crippen LogP contribution in [0.3, 0.4) is 0 Å². The lowest BCUT2D eigenvalue weighted by Crippen LogP contribution is -2.32. The molecule has 0 saturated heterocycles. The van der Waals surface area contributed by atoms with Crippen LogP contribution in [0.25, 0.3) is 0 Å². The van der Waals surface area contributed by atoms with Gasteiger partial charge in [-0.15, -0.1) is 0 Å². The number of ether oxygens (including phenoxy) is 1. The van der Waals surface area contributed by atoms with Crippen LogP contribution in [0.15, 0.2) is 24.3 Å². The van der Waals surface area contributed by atoms with Crippen LogP contribution in [-0.2, 0) is 22.1 Å². The smallest absolute Gasteiger partial charge is 0.0897 e. The van der Waals surface area contributed by atoms with Crippen LogP contribution in [-0.4, -0.2) is 46.6 Å². The Morgan fingerprint density at radius 2 is 2.10 bits per heavy atom. The average molecular weight is 320 g/mol. The molecule has 0 amide bonds. The van der Waals surface area contributed by atoms with Gasteiger partial charge in [0.1, 0.15) is 0 Å². The number of hydrogen-bond acceptors (Lipinski definition) is 4. The highest BCUT2D eigenvalue weighted by atomic mass is 35.5. The second kappa shape index (κ2) is 10.3. The zero-order valence-electron chi connectivity index (χ0n) is 11.7. The Morgan fingerprint density at radius 3 is 2.75 bits per heavy atom. The summed E-state index contributed by atoms with van der Waals surface area (Å²) in [4.78, 5) is 0. The lowest BCUT2D eigenvalue weighted by molar-refractivity contribution is 0.0291. The van der Waals surface area contributed by atoms with Crippen molar-refractivity contribution in [2.45, 2.75) is 19.6 Å². The summed E-state index contributed by atoms with van der Waals surface area (Å²) >= 11 is 5.79. The Hall–Kier alpha value is -0.460. The minimum absolute atomic E-state index is 0.270. The number of benzene rings is 1. The third kappa shape index (κ3) is 7.97. The number of aliphatic hydroxyl groups is 1. The summed E-state index contributed by atoms with van der Waals surface area (Å²) in [5.74, 6) is 1.29. The Morgan fingerprint density at radius 1 is 1.40 bits per heavy atom. The van der Waals surface area contributed by atoms with E-state index in [1.807, 2.05) is 31.2 Å². The van der Waals surface area contributed by atoms with Gasteiger partial charge < -0.3 is 15.2 Å². The maximum absolute atomic E-state index is 11.2. The molecule has 0 spiro atoms. The van der Waals surface area contributed by atoms with E-state index in [1.165, 1.54) is 0 Å². The van der Waals surface area contributed by atoms with Gasteiger partial charge in [-0.2, -0.15) is 0 Å². The van der Waals surface area contributed by atoms with Gasteiger partial charge in [0.15, 0.2) is 0 Å². The fraction of sp³-hybridized carbons (Fsp3) is 0.571. The first kappa shape index (κ1) is 17.6. The lowest BCUT2D eigenvalue weighted by atomic mass is 10.2. The normalized spacial score (nSPS) is 14.2. The Bertz CT molecular complexity index is 400. The molecular weight excluding hydrogens is 298 g/mol. The van der Waals surface area contributed by atoms with Crippen molar-refractivity contribution in [3.63, 3.8) is 0 Å². The van der Waals surface area contributed by atoms with E-state index >= 15 is 0 Å². The lowest BCUT2D eigenvalue weighted by Gasteiger charge is -2.12. The van der Waals surface area contributed by atoms with Crippen molar-refractivity contribution in [2.24, 2.45) is 0 Å². The van der Waals surface area contributed by atoms with Crippen molar-refractivity contribution in [3.8, 4) is 0 Å². The minimum atomic E-state index is -0.760. The molecule has 0 radical (unpaired) electrons. The standard InChI is InChI=1S/C14H22ClNO3S/c1-2-20(18)8-7-16-9-14(17)11-19-10-12-3-5-13(15)6-4-12/h3-6,14,16-17H,2,7-11H2,1H3. The van der Waals surface area contributed by atoms with E-state index in [9.17, 15) is 9.32 Å². The van der Waals surface area contributed by atoms with Crippen LogP contribution < -0.4 is 5.32 Å². The topological polar surface area (TPSA) is 58.6 Å². The molecule has 4 nitrogen and oxygen atoms in total. The van der Waals surface area contributed by atoms with Crippen molar-refractivity contribution < 1.29 is 14.1 Å². The summed E-state index contributed by atoms with van der Waals surface area (Å²) in [6.45, 7) is 3.71. The minimum Gasteiger partial charge on any atom is -0.389 e. The number of aliphatic hydroxyl groups excluding tert-OH is 1. The van der Waals surface area contributed by atoms with Crippen molar-refractivity contribution in [2.75, 3.05) is 31.2 Å². The molecule has 1 rings (SSSR count). The van der Waals surface area contributed by atoms with Gasteiger partial charge in [-0.05, 0) is 17.7 Å². The van der Waals surface area contributed by atoms with Gasteiger partial charge in [-0.3, -0.25) is 4.21 Å². The predicted molar refractivity (Wildman–Crippen MR) is 83.5 cm³/mol. The number of rotatable bonds is 10. The zero-order chi connectivity index (χ0) is 14.8. The van der Waals surface area contributed by atoms with Crippen molar-refractivity contribution in [1.29, 1.82) is 0 Å². The maximum Gasteiger partial charge on any atom is 0.0897 e. The van der Waals surface area contributed by atoms with Crippen LogP contribution >= 0.6 is 11.6 Å². The highest BCUT2D eigenvalue weighted by Gasteiger charge is 2.04. The monoisotopic (exact) mass is 319 g/mol. The molecule has 0 aromatic heterocycles. The van der Waals surface area contributed by atoms with Crippen LogP contribution in [0.2, 0.25) is 5.02 Å². The summed E-state index contributed by atoms with van der Waals surface area (Å²) in [6, 6.07) is 7.41.